The first-order valence-electron chi connectivity index (χ1n) is 2.56. The molecule has 34 valence electrons. The molecule has 0 saturated carbocycles. The van der Waals surface area contributed by atoms with Crippen molar-refractivity contribution in [2.24, 2.45) is 0 Å². The van der Waals surface area contributed by atoms with Crippen molar-refractivity contribution in [2.75, 3.05) is 0 Å². The lowest BCUT2D eigenvalue weighted by atomic mass is 11.3. The second-order valence-electron chi connectivity index (χ2n) is 1.93. The molecule has 0 aromatic heterocycles. The van der Waals surface area contributed by atoms with Gasteiger partial charge in [0, 0.05) is 7.83 Å². The van der Waals surface area contributed by atoms with Crippen molar-refractivity contribution in [3.63, 3.8) is 0 Å². The van der Waals surface area contributed by atoms with Gasteiger partial charge in [-0.15, -0.1) is 12.3 Å². The van der Waals surface area contributed by atoms with Crippen molar-refractivity contribution >= 4 is 33.5 Å². The lowest BCUT2D eigenvalue weighted by Gasteiger charge is -2.16. The second-order valence-corrected chi connectivity index (χ2v) is 37.9. The summed E-state index contributed by atoms with van der Waals surface area (Å²) in [6.45, 7) is 3.84. The molecule has 1 aliphatic heterocycles. The third-order valence-corrected chi connectivity index (χ3v) is 78.1. The van der Waals surface area contributed by atoms with Crippen molar-refractivity contribution in [3.8, 4) is 0 Å². The van der Waals surface area contributed by atoms with Gasteiger partial charge in [-0.05, 0) is 25.7 Å². The molecule has 0 atom stereocenters. The van der Waals surface area contributed by atoms with Crippen LogP contribution in [0.2, 0.25) is 0 Å². The van der Waals surface area contributed by atoms with Gasteiger partial charge in [-0.1, -0.05) is 0 Å². The highest BCUT2D eigenvalue weighted by atomic mass is 30.1. The Morgan fingerprint density at radius 1 is 1.50 bits per heavy atom. The van der Waals surface area contributed by atoms with Gasteiger partial charge in [-0.25, -0.2) is 0 Å². The van der Waals surface area contributed by atoms with Gasteiger partial charge in [0.15, 0.2) is 0 Å². The quantitative estimate of drug-likeness (QED) is 0.353. The Kier molecular flexibility index (Phi) is 1.63. The van der Waals surface area contributed by atoms with E-state index in [-0.39, 0.29) is 7.83 Å². The van der Waals surface area contributed by atoms with Crippen LogP contribution in [0.5, 0.6) is 0 Å². The van der Waals surface area contributed by atoms with E-state index >= 15 is 0 Å². The Hall–Kier alpha value is 0.608. The van der Waals surface area contributed by atoms with E-state index in [4.69, 9.17) is 0 Å². The largest absolute Gasteiger partial charge is 0.112 e. The Labute approximate surface area is 46.3 Å². The van der Waals surface area contributed by atoms with E-state index in [0.29, 0.717) is 0 Å². The van der Waals surface area contributed by atoms with Gasteiger partial charge in [0.2, 0.25) is 0 Å². The van der Waals surface area contributed by atoms with Gasteiger partial charge in [-0.2, -0.15) is 0 Å². The molecule has 6 heavy (non-hydrogen) atoms. The van der Waals surface area contributed by atoms with Gasteiger partial charge >= 0.3 is 0 Å². The molecule has 0 nitrogen and oxygen atoms in total. The Morgan fingerprint density at radius 3 is 2.17 bits per heavy atom. The molecular formula is C2H10Si4. The molecule has 0 aromatic rings. The highest BCUT2D eigenvalue weighted by Crippen LogP contribution is 1.85. The summed E-state index contributed by atoms with van der Waals surface area (Å²) in [6, 6.07) is 0. The fourth-order valence-electron chi connectivity index (χ4n) is 0.676. The Balaban J connectivity index is 2.16. The van der Waals surface area contributed by atoms with Gasteiger partial charge in [-0.3, -0.25) is 0 Å². The average molecular weight is 146 g/mol. The second kappa shape index (κ2) is 2.06. The highest BCUT2D eigenvalue weighted by Gasteiger charge is 2.15. The van der Waals surface area contributed by atoms with Gasteiger partial charge in [0.05, 0.1) is 0 Å². The van der Waals surface area contributed by atoms with Crippen molar-refractivity contribution in [2.45, 2.75) is 0 Å². The molecule has 0 aromatic carbocycles. The first-order valence-corrected chi connectivity index (χ1v) is 17.8. The predicted molar refractivity (Wildman–Crippen MR) is 43.0 cm³/mol. The van der Waals surface area contributed by atoms with Crippen LogP contribution in [-0.2, 0) is 0 Å². The van der Waals surface area contributed by atoms with E-state index in [2.05, 4.69) is 12.3 Å². The lowest BCUT2D eigenvalue weighted by Crippen LogP contribution is -2.50. The van der Waals surface area contributed by atoms with E-state index in [0.717, 1.165) is 25.7 Å². The van der Waals surface area contributed by atoms with Crippen LogP contribution in [0.15, 0.2) is 12.3 Å². The zero-order valence-electron chi connectivity index (χ0n) is 3.98. The minimum Gasteiger partial charge on any atom is -0.112 e. The fraction of sp³-hybridized carbons (Fsp3) is 0. The Morgan fingerprint density at radius 2 is 2.17 bits per heavy atom. The van der Waals surface area contributed by atoms with E-state index in [1.54, 1.807) is 0 Å². The minimum absolute atomic E-state index is 0.123. The van der Waals surface area contributed by atoms with E-state index in [9.17, 15) is 0 Å². The topological polar surface area (TPSA) is 0 Å². The molecule has 1 rings (SSSR count). The fourth-order valence-corrected chi connectivity index (χ4v) is 42.0. The van der Waals surface area contributed by atoms with E-state index in [1.807, 2.05) is 0 Å². The molecule has 0 bridgehead atoms. The van der Waals surface area contributed by atoms with Crippen molar-refractivity contribution in [1.82, 2.24) is 0 Å². The maximum Gasteiger partial charge on any atom is 0.0295 e. The summed E-state index contributed by atoms with van der Waals surface area (Å²) >= 11 is 0. The number of rotatable bonds is 1. The lowest BCUT2D eigenvalue weighted by molar-refractivity contribution is 2.57. The summed E-state index contributed by atoms with van der Waals surface area (Å²) in [4.78, 5) is 0. The van der Waals surface area contributed by atoms with Crippen molar-refractivity contribution in [1.29, 1.82) is 0 Å². The SMILES string of the molecule is C=C[SiH]1[SiH2][SiH2][SiH2]1. The maximum atomic E-state index is 3.84. The molecule has 0 spiro atoms. The van der Waals surface area contributed by atoms with Crippen LogP contribution in [0.1, 0.15) is 0 Å². The monoisotopic (exact) mass is 146 g/mol. The molecule has 0 amide bonds. The zero-order valence-corrected chi connectivity index (χ0v) is 9.38. The highest BCUT2D eigenvalue weighted by molar-refractivity contribution is 7.82. The molecular weight excluding hydrogens is 136 g/mol. The normalized spacial score (nSPS) is 43.7. The number of hydrogen-bond donors (Lipinski definition) is 0. The summed E-state index contributed by atoms with van der Waals surface area (Å²) in [7, 11) is 2.42. The Bertz CT molecular complexity index is 56.6. The van der Waals surface area contributed by atoms with Crippen LogP contribution in [0.4, 0.5) is 0 Å². The predicted octanol–water partition coefficient (Wildman–Crippen LogP) is -2.72. The van der Waals surface area contributed by atoms with Crippen LogP contribution >= 0.6 is 0 Å². The van der Waals surface area contributed by atoms with Crippen molar-refractivity contribution in [3.05, 3.63) is 12.3 Å². The first kappa shape index (κ1) is 4.76. The smallest absolute Gasteiger partial charge is 0.0295 e. The number of hydrogen-bond acceptors (Lipinski definition) is 0. The molecule has 0 N–H and O–H groups in total. The summed E-state index contributed by atoms with van der Waals surface area (Å²) in [5.41, 5.74) is 2.36. The first-order chi connectivity index (χ1) is 2.93. The van der Waals surface area contributed by atoms with Gasteiger partial charge in [0.25, 0.3) is 0 Å². The summed E-state index contributed by atoms with van der Waals surface area (Å²) in [6.07, 6.45) is 0. The third-order valence-electron chi connectivity index (χ3n) is 1.48. The average Bonchev–Trinajstić information content (AvgIpc) is 1.31. The van der Waals surface area contributed by atoms with Gasteiger partial charge in [0.1, 0.15) is 0 Å². The summed E-state index contributed by atoms with van der Waals surface area (Å²) < 4.78 is 0. The van der Waals surface area contributed by atoms with Crippen LogP contribution < -0.4 is 0 Å². The third kappa shape index (κ3) is 0.809. The van der Waals surface area contributed by atoms with Crippen LogP contribution in [0, 0.1) is 0 Å². The van der Waals surface area contributed by atoms with Crippen molar-refractivity contribution < 1.29 is 0 Å². The zero-order chi connectivity index (χ0) is 4.41. The van der Waals surface area contributed by atoms with Crippen LogP contribution in [0.25, 0.3) is 0 Å². The summed E-state index contributed by atoms with van der Waals surface area (Å²) in [5.74, 6) is 0. The molecule has 1 aliphatic rings. The summed E-state index contributed by atoms with van der Waals surface area (Å²) in [5, 5.41) is 0. The molecule has 4 heteroatoms. The van der Waals surface area contributed by atoms with Crippen LogP contribution in [0.3, 0.4) is 0 Å². The standard InChI is InChI=1S/C2H10Si4/c1-2-6-4-3-5-6/h2,6H,1,3-5H2. The van der Waals surface area contributed by atoms with Crippen LogP contribution in [-0.4, -0.2) is 33.5 Å². The van der Waals surface area contributed by atoms with E-state index < -0.39 is 0 Å². The molecule has 0 radical (unpaired) electrons. The molecule has 0 aliphatic carbocycles. The molecule has 0 unspecified atom stereocenters. The molecule has 1 fully saturated rings. The molecule has 1 heterocycles. The maximum absolute atomic E-state index is 3.84. The van der Waals surface area contributed by atoms with E-state index in [1.165, 1.54) is 0 Å². The van der Waals surface area contributed by atoms with Gasteiger partial charge < -0.3 is 0 Å². The molecule has 1 saturated heterocycles. The minimum atomic E-state index is 0.123.